The summed E-state index contributed by atoms with van der Waals surface area (Å²) in [5, 5.41) is 0. The van der Waals surface area contributed by atoms with E-state index in [1.165, 1.54) is 295 Å². The van der Waals surface area contributed by atoms with Crippen LogP contribution in [0, 0.1) is 11.8 Å². The van der Waals surface area contributed by atoms with Gasteiger partial charge in [0.1, 0.15) is 0 Å². The summed E-state index contributed by atoms with van der Waals surface area (Å²) < 4.78 is 6.19. The molecule has 2 atom stereocenters. The van der Waals surface area contributed by atoms with Crippen LogP contribution in [0.1, 0.15) is 336 Å². The van der Waals surface area contributed by atoms with Crippen molar-refractivity contribution in [2.24, 2.45) is 11.8 Å². The lowest BCUT2D eigenvalue weighted by Crippen LogP contribution is -2.27. The molecule has 2 nitrogen and oxygen atoms in total. The molecule has 0 N–H and O–H groups in total. The van der Waals surface area contributed by atoms with Crippen LogP contribution >= 0.6 is 0 Å². The third-order valence-corrected chi connectivity index (χ3v) is 13.6. The molecule has 2 heteroatoms. The second-order valence-corrected chi connectivity index (χ2v) is 19.4. The zero-order valence-electron chi connectivity index (χ0n) is 41.1. The number of hydrogen-bond donors (Lipinski definition) is 0. The molecule has 0 fully saturated rings. The number of hydrogen-bond acceptors (Lipinski definition) is 2. The third-order valence-electron chi connectivity index (χ3n) is 13.6. The molecule has 0 saturated heterocycles. The largest absolute Gasteiger partial charge is 0.465 e. The third kappa shape index (κ3) is 43.6. The monoisotopic (exact) mass is 817 g/mol. The Labute approximate surface area is 368 Å². The van der Waals surface area contributed by atoms with Crippen molar-refractivity contribution >= 4 is 5.97 Å². The summed E-state index contributed by atoms with van der Waals surface area (Å²) in [4.78, 5) is 13.9. The molecule has 0 bridgehead atoms. The normalized spacial score (nSPS) is 12.7. The van der Waals surface area contributed by atoms with Crippen molar-refractivity contribution in [1.82, 2.24) is 0 Å². The summed E-state index contributed by atoms with van der Waals surface area (Å²) >= 11 is 0. The summed E-state index contributed by atoms with van der Waals surface area (Å²) in [6.45, 7) is 9.89. The lowest BCUT2D eigenvalue weighted by Gasteiger charge is -2.26. The van der Waals surface area contributed by atoms with Crippen molar-refractivity contribution in [3.05, 3.63) is 0 Å². The van der Waals surface area contributed by atoms with E-state index in [0.29, 0.717) is 12.5 Å². The van der Waals surface area contributed by atoms with Gasteiger partial charge in [-0.05, 0) is 31.6 Å². The molecule has 0 aliphatic carbocycles. The molecule has 348 valence electrons. The molecule has 0 heterocycles. The van der Waals surface area contributed by atoms with Crippen LogP contribution in [0.15, 0.2) is 0 Å². The summed E-state index contributed by atoms with van der Waals surface area (Å²) in [5.41, 5.74) is 0. The second-order valence-electron chi connectivity index (χ2n) is 19.4. The highest BCUT2D eigenvalue weighted by Gasteiger charge is 2.28. The van der Waals surface area contributed by atoms with E-state index in [1.54, 1.807) is 0 Å². The standard InChI is InChI=1S/C56H112O2/c1-5-9-13-17-21-24-26-28-30-31-33-35-38-41-45-49-53-58-56(57)55(52-48-44-40-37-34-32-29-27-25-22-18-14-10-6-2)54(50-46-42-20-16-12-8-4)51-47-43-39-36-23-19-15-11-7-3/h54-55H,5-53H2,1-4H3. The summed E-state index contributed by atoms with van der Waals surface area (Å²) in [6.07, 6.45) is 65.5. The average molecular weight is 818 g/mol. The molecule has 0 rings (SSSR count). The highest BCUT2D eigenvalue weighted by atomic mass is 16.5. The first-order valence-electron chi connectivity index (χ1n) is 27.9. The summed E-state index contributed by atoms with van der Waals surface area (Å²) in [7, 11) is 0. The maximum Gasteiger partial charge on any atom is 0.309 e. The Balaban J connectivity index is 4.73. The van der Waals surface area contributed by atoms with E-state index in [0.717, 1.165) is 12.8 Å². The van der Waals surface area contributed by atoms with Crippen molar-refractivity contribution in [3.8, 4) is 0 Å². The number of unbranched alkanes of at least 4 members (excludes halogenated alkanes) is 41. The van der Waals surface area contributed by atoms with Gasteiger partial charge in [0.15, 0.2) is 0 Å². The van der Waals surface area contributed by atoms with Gasteiger partial charge in [-0.1, -0.05) is 310 Å². The fraction of sp³-hybridized carbons (Fsp3) is 0.982. The number of rotatable bonds is 51. The average Bonchev–Trinajstić information content (AvgIpc) is 3.23. The fourth-order valence-electron chi connectivity index (χ4n) is 9.49. The van der Waals surface area contributed by atoms with E-state index >= 15 is 0 Å². The van der Waals surface area contributed by atoms with Crippen molar-refractivity contribution in [3.63, 3.8) is 0 Å². The molecule has 0 saturated carbocycles. The van der Waals surface area contributed by atoms with Crippen LogP contribution in [0.2, 0.25) is 0 Å². The van der Waals surface area contributed by atoms with Gasteiger partial charge in [-0.3, -0.25) is 4.79 Å². The van der Waals surface area contributed by atoms with Crippen molar-refractivity contribution in [1.29, 1.82) is 0 Å². The molecule has 0 radical (unpaired) electrons. The van der Waals surface area contributed by atoms with E-state index in [-0.39, 0.29) is 11.9 Å². The Hall–Kier alpha value is -0.530. The second kappa shape index (κ2) is 50.8. The molecule has 0 aromatic heterocycles. The maximum absolute atomic E-state index is 13.9. The Morgan fingerprint density at radius 2 is 0.483 bits per heavy atom. The number of carbonyl (C=O) groups excluding carboxylic acids is 1. The van der Waals surface area contributed by atoms with Crippen LogP contribution in [0.25, 0.3) is 0 Å². The molecule has 0 aliphatic heterocycles. The first kappa shape index (κ1) is 57.5. The Bertz CT molecular complexity index is 747. The minimum atomic E-state index is 0.128. The van der Waals surface area contributed by atoms with Gasteiger partial charge in [0.25, 0.3) is 0 Å². The predicted octanol–water partition coefficient (Wildman–Crippen LogP) is 20.6. The van der Waals surface area contributed by atoms with Crippen LogP contribution in [0.5, 0.6) is 0 Å². The van der Waals surface area contributed by atoms with Gasteiger partial charge in [-0.2, -0.15) is 0 Å². The summed E-state index contributed by atoms with van der Waals surface area (Å²) in [6, 6.07) is 0. The van der Waals surface area contributed by atoms with Gasteiger partial charge in [-0.15, -0.1) is 0 Å². The lowest BCUT2D eigenvalue weighted by atomic mass is 9.80. The zero-order valence-corrected chi connectivity index (χ0v) is 41.1. The fourth-order valence-corrected chi connectivity index (χ4v) is 9.49. The van der Waals surface area contributed by atoms with E-state index in [9.17, 15) is 4.79 Å². The van der Waals surface area contributed by atoms with Gasteiger partial charge in [0.2, 0.25) is 0 Å². The van der Waals surface area contributed by atoms with Crippen LogP contribution in [0.3, 0.4) is 0 Å². The SMILES string of the molecule is CCCCCCCCCCCCCCCCCCOC(=O)C(CCCCCCCCCCCCCCCC)C(CCCCCCCC)CCCCCCCCCCC. The minimum absolute atomic E-state index is 0.128. The number of ether oxygens (including phenoxy) is 1. The quantitative estimate of drug-likeness (QED) is 0.0452. The number of carbonyl (C=O) groups is 1. The van der Waals surface area contributed by atoms with Crippen LogP contribution in [-0.4, -0.2) is 12.6 Å². The van der Waals surface area contributed by atoms with Crippen molar-refractivity contribution < 1.29 is 9.53 Å². The Morgan fingerprint density at radius 1 is 0.276 bits per heavy atom. The molecule has 0 spiro atoms. The van der Waals surface area contributed by atoms with Crippen molar-refractivity contribution in [2.45, 2.75) is 336 Å². The zero-order chi connectivity index (χ0) is 42.1. The van der Waals surface area contributed by atoms with E-state index in [4.69, 9.17) is 4.74 Å². The van der Waals surface area contributed by atoms with Gasteiger partial charge in [-0.25, -0.2) is 0 Å². The van der Waals surface area contributed by atoms with E-state index < -0.39 is 0 Å². The van der Waals surface area contributed by atoms with Crippen LogP contribution < -0.4 is 0 Å². The van der Waals surface area contributed by atoms with E-state index in [2.05, 4.69) is 27.7 Å². The van der Waals surface area contributed by atoms with Gasteiger partial charge >= 0.3 is 5.97 Å². The highest BCUT2D eigenvalue weighted by Crippen LogP contribution is 2.31. The Morgan fingerprint density at radius 3 is 0.741 bits per heavy atom. The van der Waals surface area contributed by atoms with Gasteiger partial charge in [0.05, 0.1) is 12.5 Å². The highest BCUT2D eigenvalue weighted by molar-refractivity contribution is 5.72. The van der Waals surface area contributed by atoms with Gasteiger partial charge in [0, 0.05) is 0 Å². The van der Waals surface area contributed by atoms with Crippen molar-refractivity contribution in [2.75, 3.05) is 6.61 Å². The molecule has 58 heavy (non-hydrogen) atoms. The first-order chi connectivity index (χ1) is 28.7. The smallest absolute Gasteiger partial charge is 0.309 e. The molecular weight excluding hydrogens is 705 g/mol. The van der Waals surface area contributed by atoms with Gasteiger partial charge < -0.3 is 4.74 Å². The predicted molar refractivity (Wildman–Crippen MR) is 262 cm³/mol. The first-order valence-corrected chi connectivity index (χ1v) is 27.9. The maximum atomic E-state index is 13.9. The minimum Gasteiger partial charge on any atom is -0.465 e. The van der Waals surface area contributed by atoms with E-state index in [1.807, 2.05) is 0 Å². The van der Waals surface area contributed by atoms with Crippen LogP contribution in [-0.2, 0) is 9.53 Å². The summed E-state index contributed by atoms with van der Waals surface area (Å²) in [5.74, 6) is 0.821. The molecule has 0 amide bonds. The topological polar surface area (TPSA) is 26.3 Å². The number of esters is 1. The van der Waals surface area contributed by atoms with Crippen LogP contribution in [0.4, 0.5) is 0 Å². The molecule has 0 aromatic rings. The Kier molecular flexibility index (Phi) is 50.4. The molecule has 2 unspecified atom stereocenters. The molecular formula is C56H112O2. The molecule has 0 aliphatic rings. The molecule has 0 aromatic carbocycles. The lowest BCUT2D eigenvalue weighted by molar-refractivity contribution is -0.151.